The van der Waals surface area contributed by atoms with E-state index in [4.69, 9.17) is 16.3 Å². The summed E-state index contributed by atoms with van der Waals surface area (Å²) in [6.07, 6.45) is 1.20. The van der Waals surface area contributed by atoms with Crippen LogP contribution in [0.1, 0.15) is 6.92 Å². The maximum Gasteiger partial charge on any atom is 0.175 e. The molecule has 0 aliphatic carbocycles. The van der Waals surface area contributed by atoms with Crippen molar-refractivity contribution in [2.24, 2.45) is 11.8 Å². The van der Waals surface area contributed by atoms with Gasteiger partial charge in [0.2, 0.25) is 0 Å². The fraction of sp³-hybridized carbons (Fsp3) is 0.368. The number of hydrogen-bond acceptors (Lipinski definition) is 4. The summed E-state index contributed by atoms with van der Waals surface area (Å²) in [5.74, 6) is 1.61. The summed E-state index contributed by atoms with van der Waals surface area (Å²) in [7, 11) is -3.17. The van der Waals surface area contributed by atoms with Gasteiger partial charge < -0.3 is 9.64 Å². The highest BCUT2D eigenvalue weighted by Gasteiger charge is 2.30. The number of ether oxygens (including phenoxy) is 1. The first-order valence-corrected chi connectivity index (χ1v) is 10.5. The van der Waals surface area contributed by atoms with Gasteiger partial charge in [0, 0.05) is 36.0 Å². The Bertz CT molecular complexity index is 836. The van der Waals surface area contributed by atoms with Gasteiger partial charge in [0.05, 0.1) is 11.5 Å². The smallest absolute Gasteiger partial charge is 0.175 e. The fourth-order valence-corrected chi connectivity index (χ4v) is 3.94. The standard InChI is InChI=1S/C19H22ClNO3S/c1-14-11-21(17-5-3-4-16(20)10-17)12-15(14)13-24-18-6-8-19(9-7-18)25(2,22)23/h3-10,14-15H,11-13H2,1-2H3. The van der Waals surface area contributed by atoms with Crippen molar-refractivity contribution in [2.45, 2.75) is 11.8 Å². The molecule has 2 unspecified atom stereocenters. The van der Waals surface area contributed by atoms with Gasteiger partial charge in [0.25, 0.3) is 0 Å². The highest BCUT2D eigenvalue weighted by Crippen LogP contribution is 2.30. The summed E-state index contributed by atoms with van der Waals surface area (Å²) in [5, 5.41) is 0.746. The highest BCUT2D eigenvalue weighted by atomic mass is 35.5. The summed E-state index contributed by atoms with van der Waals surface area (Å²) in [4.78, 5) is 2.64. The predicted octanol–water partition coefficient (Wildman–Crippen LogP) is 3.89. The van der Waals surface area contributed by atoms with Gasteiger partial charge >= 0.3 is 0 Å². The second-order valence-corrected chi connectivity index (χ2v) is 9.13. The van der Waals surface area contributed by atoms with Gasteiger partial charge in [-0.05, 0) is 48.4 Å². The second kappa shape index (κ2) is 7.26. The molecule has 1 fully saturated rings. The lowest BCUT2D eigenvalue weighted by molar-refractivity contribution is 0.233. The molecule has 1 aliphatic heterocycles. The van der Waals surface area contributed by atoms with Crippen molar-refractivity contribution in [3.63, 3.8) is 0 Å². The van der Waals surface area contributed by atoms with Crippen molar-refractivity contribution < 1.29 is 13.2 Å². The number of sulfone groups is 1. The molecule has 2 atom stereocenters. The minimum Gasteiger partial charge on any atom is -0.493 e. The maximum absolute atomic E-state index is 11.5. The Labute approximate surface area is 154 Å². The molecule has 1 aliphatic rings. The summed E-state index contributed by atoms with van der Waals surface area (Å²) in [6.45, 7) is 4.73. The lowest BCUT2D eigenvalue weighted by Gasteiger charge is -2.19. The maximum atomic E-state index is 11.5. The molecule has 1 heterocycles. The lowest BCUT2D eigenvalue weighted by Crippen LogP contribution is -2.21. The Morgan fingerprint density at radius 3 is 2.52 bits per heavy atom. The quantitative estimate of drug-likeness (QED) is 0.790. The van der Waals surface area contributed by atoms with Crippen LogP contribution < -0.4 is 9.64 Å². The number of nitrogens with zero attached hydrogens (tertiary/aromatic N) is 1. The van der Waals surface area contributed by atoms with Crippen LogP contribution >= 0.6 is 11.6 Å². The van der Waals surface area contributed by atoms with Crippen molar-refractivity contribution in [2.75, 3.05) is 30.9 Å². The molecule has 2 aromatic rings. The van der Waals surface area contributed by atoms with Gasteiger partial charge in [-0.2, -0.15) is 0 Å². The Morgan fingerprint density at radius 1 is 1.16 bits per heavy atom. The zero-order valence-electron chi connectivity index (χ0n) is 14.4. The van der Waals surface area contributed by atoms with E-state index in [1.807, 2.05) is 18.2 Å². The monoisotopic (exact) mass is 379 g/mol. The number of rotatable bonds is 5. The molecule has 1 saturated heterocycles. The first-order chi connectivity index (χ1) is 11.8. The van der Waals surface area contributed by atoms with E-state index in [1.165, 1.54) is 6.26 Å². The van der Waals surface area contributed by atoms with Gasteiger partial charge in [-0.1, -0.05) is 24.6 Å². The largest absolute Gasteiger partial charge is 0.493 e. The van der Waals surface area contributed by atoms with E-state index in [2.05, 4.69) is 17.9 Å². The molecule has 0 radical (unpaired) electrons. The van der Waals surface area contributed by atoms with Crippen LogP contribution in [0.25, 0.3) is 0 Å². The molecule has 0 N–H and O–H groups in total. The van der Waals surface area contributed by atoms with Crippen LogP contribution in [0.4, 0.5) is 5.69 Å². The Kier molecular flexibility index (Phi) is 5.25. The molecule has 0 aromatic heterocycles. The number of benzene rings is 2. The molecule has 0 bridgehead atoms. The number of anilines is 1. The highest BCUT2D eigenvalue weighted by molar-refractivity contribution is 7.90. The molecule has 0 spiro atoms. The average molecular weight is 380 g/mol. The van der Waals surface area contributed by atoms with E-state index in [1.54, 1.807) is 24.3 Å². The van der Waals surface area contributed by atoms with Crippen LogP contribution in [0, 0.1) is 11.8 Å². The predicted molar refractivity (Wildman–Crippen MR) is 101 cm³/mol. The molecule has 25 heavy (non-hydrogen) atoms. The first-order valence-electron chi connectivity index (χ1n) is 8.26. The minimum atomic E-state index is -3.17. The van der Waals surface area contributed by atoms with E-state index < -0.39 is 9.84 Å². The van der Waals surface area contributed by atoms with E-state index in [0.717, 1.165) is 23.8 Å². The molecule has 4 nitrogen and oxygen atoms in total. The number of hydrogen-bond donors (Lipinski definition) is 0. The summed E-state index contributed by atoms with van der Waals surface area (Å²) < 4.78 is 28.9. The number of halogens is 1. The molecule has 3 rings (SSSR count). The zero-order valence-corrected chi connectivity index (χ0v) is 15.9. The minimum absolute atomic E-state index is 0.307. The average Bonchev–Trinajstić information content (AvgIpc) is 2.93. The SMILES string of the molecule is CC1CN(c2cccc(Cl)c2)CC1COc1ccc(S(C)(=O)=O)cc1. The third-order valence-electron chi connectivity index (χ3n) is 4.66. The van der Waals surface area contributed by atoms with E-state index in [0.29, 0.717) is 29.1 Å². The van der Waals surface area contributed by atoms with Crippen LogP contribution in [0.2, 0.25) is 5.02 Å². The molecular weight excluding hydrogens is 358 g/mol. The third-order valence-corrected chi connectivity index (χ3v) is 6.02. The summed E-state index contributed by atoms with van der Waals surface area (Å²) >= 11 is 6.09. The Morgan fingerprint density at radius 2 is 1.88 bits per heavy atom. The molecule has 0 amide bonds. The summed E-state index contributed by atoms with van der Waals surface area (Å²) in [5.41, 5.74) is 1.14. The van der Waals surface area contributed by atoms with Gasteiger partial charge in [0.1, 0.15) is 5.75 Å². The van der Waals surface area contributed by atoms with Crippen LogP contribution in [-0.4, -0.2) is 34.4 Å². The third kappa shape index (κ3) is 4.47. The van der Waals surface area contributed by atoms with Gasteiger partial charge in [0.15, 0.2) is 9.84 Å². The van der Waals surface area contributed by atoms with Crippen LogP contribution in [0.15, 0.2) is 53.4 Å². The molecule has 6 heteroatoms. The van der Waals surface area contributed by atoms with Crippen LogP contribution in [0.3, 0.4) is 0 Å². The van der Waals surface area contributed by atoms with Crippen molar-refractivity contribution in [3.8, 4) is 5.75 Å². The van der Waals surface area contributed by atoms with Crippen molar-refractivity contribution in [1.29, 1.82) is 0 Å². The normalized spacial score (nSPS) is 20.7. The molecular formula is C19H22ClNO3S. The van der Waals surface area contributed by atoms with Crippen LogP contribution in [0.5, 0.6) is 5.75 Å². The first kappa shape index (κ1) is 18.1. The van der Waals surface area contributed by atoms with E-state index >= 15 is 0 Å². The van der Waals surface area contributed by atoms with Crippen molar-refractivity contribution >= 4 is 27.1 Å². The molecule has 2 aromatic carbocycles. The fourth-order valence-electron chi connectivity index (χ4n) is 3.12. The van der Waals surface area contributed by atoms with E-state index in [9.17, 15) is 8.42 Å². The second-order valence-electron chi connectivity index (χ2n) is 6.68. The van der Waals surface area contributed by atoms with Crippen LogP contribution in [-0.2, 0) is 9.84 Å². The van der Waals surface area contributed by atoms with Crippen molar-refractivity contribution in [1.82, 2.24) is 0 Å². The van der Waals surface area contributed by atoms with Gasteiger partial charge in [-0.15, -0.1) is 0 Å². The zero-order chi connectivity index (χ0) is 18.0. The lowest BCUT2D eigenvalue weighted by atomic mass is 9.99. The van der Waals surface area contributed by atoms with Gasteiger partial charge in [-0.3, -0.25) is 0 Å². The van der Waals surface area contributed by atoms with Gasteiger partial charge in [-0.25, -0.2) is 8.42 Å². The summed E-state index contributed by atoms with van der Waals surface area (Å²) in [6, 6.07) is 14.5. The van der Waals surface area contributed by atoms with Crippen molar-refractivity contribution in [3.05, 3.63) is 53.6 Å². The Hall–Kier alpha value is -1.72. The van der Waals surface area contributed by atoms with E-state index in [-0.39, 0.29) is 0 Å². The Balaban J connectivity index is 1.60. The topological polar surface area (TPSA) is 46.6 Å². The molecule has 0 saturated carbocycles. The molecule has 134 valence electrons.